The molecule has 126 valence electrons. The van der Waals surface area contributed by atoms with E-state index in [1.807, 2.05) is 0 Å². The number of aryl methyl sites for hydroxylation is 4. The van der Waals surface area contributed by atoms with Crippen LogP contribution in [0.2, 0.25) is 0 Å². The number of anilines is 2. The maximum atomic E-state index is 10.0. The molecule has 0 bridgehead atoms. The first-order chi connectivity index (χ1) is 11.5. The third-order valence-corrected chi connectivity index (χ3v) is 5.00. The van der Waals surface area contributed by atoms with Crippen LogP contribution >= 0.6 is 0 Å². The van der Waals surface area contributed by atoms with E-state index in [4.69, 9.17) is 0 Å². The SMILES string of the molecule is CC1=C(CO)N(c2c(C)cccc2C)CN1c1c(C)cccc1C. The highest BCUT2D eigenvalue weighted by molar-refractivity contribution is 5.72. The predicted octanol–water partition coefficient (Wildman–Crippen LogP) is 4.43. The van der Waals surface area contributed by atoms with E-state index in [-0.39, 0.29) is 6.61 Å². The second-order valence-electron chi connectivity index (χ2n) is 6.67. The number of hydrogen-bond acceptors (Lipinski definition) is 3. The van der Waals surface area contributed by atoms with Gasteiger partial charge in [-0.25, -0.2) is 0 Å². The van der Waals surface area contributed by atoms with Gasteiger partial charge in [0.1, 0.15) is 0 Å². The van der Waals surface area contributed by atoms with E-state index >= 15 is 0 Å². The summed E-state index contributed by atoms with van der Waals surface area (Å²) in [6.45, 7) is 11.4. The standard InChI is InChI=1S/C21H26N2O/c1-14-8-6-9-15(2)20(14)22-13-23(19(12-24)18(22)5)21-16(3)10-7-11-17(21)4/h6-11,24H,12-13H2,1-5H3. The van der Waals surface area contributed by atoms with Gasteiger partial charge in [-0.05, 0) is 56.9 Å². The van der Waals surface area contributed by atoms with Gasteiger partial charge in [-0.2, -0.15) is 0 Å². The van der Waals surface area contributed by atoms with Gasteiger partial charge in [0.05, 0.1) is 19.0 Å². The lowest BCUT2D eigenvalue weighted by Crippen LogP contribution is -2.29. The van der Waals surface area contributed by atoms with Crippen LogP contribution in [-0.2, 0) is 0 Å². The number of nitrogens with zero attached hydrogens (tertiary/aromatic N) is 2. The van der Waals surface area contributed by atoms with Crippen LogP contribution < -0.4 is 9.80 Å². The van der Waals surface area contributed by atoms with Gasteiger partial charge >= 0.3 is 0 Å². The minimum Gasteiger partial charge on any atom is -0.390 e. The topological polar surface area (TPSA) is 26.7 Å². The lowest BCUT2D eigenvalue weighted by molar-refractivity contribution is 0.328. The average Bonchev–Trinajstić information content (AvgIpc) is 2.83. The summed E-state index contributed by atoms with van der Waals surface area (Å²) in [5.74, 6) is 0. The molecule has 0 spiro atoms. The summed E-state index contributed by atoms with van der Waals surface area (Å²) in [6, 6.07) is 12.7. The van der Waals surface area contributed by atoms with Crippen LogP contribution in [0.4, 0.5) is 11.4 Å². The van der Waals surface area contributed by atoms with Gasteiger partial charge in [-0.15, -0.1) is 0 Å². The highest BCUT2D eigenvalue weighted by Gasteiger charge is 2.30. The number of aliphatic hydroxyl groups excluding tert-OH is 1. The van der Waals surface area contributed by atoms with Crippen molar-refractivity contribution in [2.75, 3.05) is 23.1 Å². The van der Waals surface area contributed by atoms with Crippen molar-refractivity contribution in [3.63, 3.8) is 0 Å². The summed E-state index contributed by atoms with van der Waals surface area (Å²) < 4.78 is 0. The first kappa shape index (κ1) is 16.6. The summed E-state index contributed by atoms with van der Waals surface area (Å²) >= 11 is 0. The van der Waals surface area contributed by atoms with Crippen molar-refractivity contribution in [2.24, 2.45) is 0 Å². The van der Waals surface area contributed by atoms with Gasteiger partial charge in [0.2, 0.25) is 0 Å². The van der Waals surface area contributed by atoms with E-state index in [0.717, 1.165) is 18.1 Å². The molecular formula is C21H26N2O. The number of hydrogen-bond donors (Lipinski definition) is 1. The smallest absolute Gasteiger partial charge is 0.0996 e. The fraction of sp³-hybridized carbons (Fsp3) is 0.333. The molecule has 0 atom stereocenters. The molecular weight excluding hydrogens is 296 g/mol. The summed E-state index contributed by atoms with van der Waals surface area (Å²) in [4.78, 5) is 4.58. The summed E-state index contributed by atoms with van der Waals surface area (Å²) in [5, 5.41) is 10.0. The van der Waals surface area contributed by atoms with Gasteiger partial charge in [0.25, 0.3) is 0 Å². The number of aliphatic hydroxyl groups is 1. The molecule has 3 nitrogen and oxygen atoms in total. The van der Waals surface area contributed by atoms with E-state index in [0.29, 0.717) is 0 Å². The fourth-order valence-electron chi connectivity index (χ4n) is 3.79. The molecule has 0 saturated carbocycles. The molecule has 2 aromatic rings. The molecule has 0 amide bonds. The average molecular weight is 322 g/mol. The normalized spacial score (nSPS) is 14.8. The quantitative estimate of drug-likeness (QED) is 0.905. The van der Waals surface area contributed by atoms with Crippen LogP contribution in [0.5, 0.6) is 0 Å². The molecule has 0 unspecified atom stereocenters. The van der Waals surface area contributed by atoms with Gasteiger partial charge in [-0.1, -0.05) is 36.4 Å². The molecule has 0 aliphatic carbocycles. The van der Waals surface area contributed by atoms with Crippen molar-refractivity contribution in [2.45, 2.75) is 34.6 Å². The molecule has 2 aromatic carbocycles. The molecule has 0 fully saturated rings. The Morgan fingerprint density at radius 3 is 1.58 bits per heavy atom. The Kier molecular flexibility index (Phi) is 4.37. The van der Waals surface area contributed by atoms with Crippen molar-refractivity contribution >= 4 is 11.4 Å². The largest absolute Gasteiger partial charge is 0.390 e. The van der Waals surface area contributed by atoms with E-state index in [1.165, 1.54) is 33.6 Å². The summed E-state index contributed by atoms with van der Waals surface area (Å²) in [5.41, 5.74) is 9.54. The summed E-state index contributed by atoms with van der Waals surface area (Å²) in [7, 11) is 0. The molecule has 0 aromatic heterocycles. The van der Waals surface area contributed by atoms with Crippen LogP contribution in [0, 0.1) is 27.7 Å². The second-order valence-corrected chi connectivity index (χ2v) is 6.67. The Morgan fingerprint density at radius 1 is 0.750 bits per heavy atom. The Morgan fingerprint density at radius 2 is 1.17 bits per heavy atom. The molecule has 1 N–H and O–H groups in total. The lowest BCUT2D eigenvalue weighted by Gasteiger charge is -2.28. The number of allylic oxidation sites excluding steroid dienone is 1. The van der Waals surface area contributed by atoms with E-state index < -0.39 is 0 Å². The van der Waals surface area contributed by atoms with Crippen molar-refractivity contribution in [1.82, 2.24) is 0 Å². The molecule has 1 aliphatic heterocycles. The number of para-hydroxylation sites is 2. The molecule has 24 heavy (non-hydrogen) atoms. The molecule has 0 saturated heterocycles. The Bertz CT molecular complexity index is 767. The Balaban J connectivity index is 2.11. The van der Waals surface area contributed by atoms with Crippen molar-refractivity contribution < 1.29 is 5.11 Å². The van der Waals surface area contributed by atoms with E-state index in [9.17, 15) is 5.11 Å². The maximum Gasteiger partial charge on any atom is 0.0996 e. The maximum absolute atomic E-state index is 10.0. The molecule has 0 radical (unpaired) electrons. The van der Waals surface area contributed by atoms with Crippen molar-refractivity contribution in [3.05, 3.63) is 70.0 Å². The zero-order valence-electron chi connectivity index (χ0n) is 15.2. The van der Waals surface area contributed by atoms with Crippen LogP contribution in [0.3, 0.4) is 0 Å². The van der Waals surface area contributed by atoms with Gasteiger partial charge in [0.15, 0.2) is 0 Å². The second kappa shape index (κ2) is 6.33. The Labute approximate surface area is 144 Å². The molecule has 3 rings (SSSR count). The highest BCUT2D eigenvalue weighted by atomic mass is 16.3. The van der Waals surface area contributed by atoms with Gasteiger partial charge in [-0.3, -0.25) is 0 Å². The van der Waals surface area contributed by atoms with Crippen LogP contribution in [0.1, 0.15) is 29.2 Å². The van der Waals surface area contributed by atoms with Crippen LogP contribution in [0.15, 0.2) is 47.8 Å². The third-order valence-electron chi connectivity index (χ3n) is 5.00. The monoisotopic (exact) mass is 322 g/mol. The van der Waals surface area contributed by atoms with Crippen molar-refractivity contribution in [1.29, 1.82) is 0 Å². The van der Waals surface area contributed by atoms with Gasteiger partial charge in [0, 0.05) is 17.1 Å². The minimum atomic E-state index is 0.0427. The first-order valence-corrected chi connectivity index (χ1v) is 8.43. The van der Waals surface area contributed by atoms with Crippen LogP contribution in [0.25, 0.3) is 0 Å². The first-order valence-electron chi connectivity index (χ1n) is 8.43. The third kappa shape index (κ3) is 2.59. The van der Waals surface area contributed by atoms with E-state index in [2.05, 4.69) is 80.8 Å². The van der Waals surface area contributed by atoms with Crippen molar-refractivity contribution in [3.8, 4) is 0 Å². The number of rotatable bonds is 3. The number of benzene rings is 2. The summed E-state index contributed by atoms with van der Waals surface area (Å²) in [6.07, 6.45) is 0. The lowest BCUT2D eigenvalue weighted by atomic mass is 10.1. The molecule has 1 heterocycles. The van der Waals surface area contributed by atoms with E-state index in [1.54, 1.807) is 0 Å². The fourth-order valence-corrected chi connectivity index (χ4v) is 3.79. The molecule has 3 heteroatoms. The zero-order chi connectivity index (χ0) is 17.4. The predicted molar refractivity (Wildman–Crippen MR) is 101 cm³/mol. The zero-order valence-corrected chi connectivity index (χ0v) is 15.2. The van der Waals surface area contributed by atoms with Crippen LogP contribution in [-0.4, -0.2) is 18.4 Å². The Hall–Kier alpha value is -2.26. The highest BCUT2D eigenvalue weighted by Crippen LogP contribution is 2.38. The molecule has 1 aliphatic rings. The van der Waals surface area contributed by atoms with Gasteiger partial charge < -0.3 is 14.9 Å². The minimum absolute atomic E-state index is 0.0427.